The van der Waals surface area contributed by atoms with E-state index in [1.54, 1.807) is 0 Å². The van der Waals surface area contributed by atoms with E-state index in [0.29, 0.717) is 0 Å². The van der Waals surface area contributed by atoms with E-state index in [9.17, 15) is 0 Å². The number of nitrogens with zero attached hydrogens (tertiary/aromatic N) is 6. The summed E-state index contributed by atoms with van der Waals surface area (Å²) in [6.45, 7) is 8.25. The Bertz CT molecular complexity index is 1760. The van der Waals surface area contributed by atoms with Gasteiger partial charge in [-0.15, -0.1) is 30.8 Å². The number of hydrogen-bond acceptors (Lipinski definition) is 6. The Labute approximate surface area is 278 Å². The van der Waals surface area contributed by atoms with E-state index in [4.69, 9.17) is 9.97 Å². The number of anilines is 6. The van der Waals surface area contributed by atoms with E-state index in [-0.39, 0.29) is 20.1 Å². The van der Waals surface area contributed by atoms with Crippen LogP contribution >= 0.6 is 0 Å². The zero-order valence-corrected chi connectivity index (χ0v) is 27.3. The number of aromatic nitrogens is 2. The van der Waals surface area contributed by atoms with Crippen LogP contribution < -0.4 is 19.6 Å². The average Bonchev–Trinajstić information content (AvgIpc) is 3.71. The van der Waals surface area contributed by atoms with Crippen LogP contribution in [0, 0.1) is 39.3 Å². The quantitative estimate of drug-likeness (QED) is 0.167. The third-order valence-electron chi connectivity index (χ3n) is 7.41. The minimum atomic E-state index is 0. The van der Waals surface area contributed by atoms with Crippen LogP contribution in [0.5, 0.6) is 0 Å². The van der Waals surface area contributed by atoms with Crippen LogP contribution in [0.4, 0.5) is 34.4 Å². The largest absolute Gasteiger partial charge is 0.500 e. The van der Waals surface area contributed by atoms with Crippen molar-refractivity contribution in [2.75, 3.05) is 19.6 Å². The van der Waals surface area contributed by atoms with Crippen molar-refractivity contribution in [1.82, 2.24) is 9.97 Å². The number of para-hydroxylation sites is 4. The second kappa shape index (κ2) is 13.3. The summed E-state index contributed by atoms with van der Waals surface area (Å²) in [6.07, 6.45) is 4.10. The summed E-state index contributed by atoms with van der Waals surface area (Å²) >= 11 is 0. The van der Waals surface area contributed by atoms with E-state index in [1.807, 2.05) is 90.6 Å². The molecule has 6 nitrogen and oxygen atoms in total. The molecule has 0 saturated carbocycles. The summed E-state index contributed by atoms with van der Waals surface area (Å²) in [5.41, 5.74) is 8.46. The van der Waals surface area contributed by atoms with Crippen LogP contribution in [-0.2, 0) is 20.1 Å². The zero-order chi connectivity index (χ0) is 29.9. The number of rotatable bonds is 4. The molecule has 0 spiro atoms. The third kappa shape index (κ3) is 6.46. The molecule has 2 aliphatic heterocycles. The topological polar surface area (TPSA) is 38.7 Å². The van der Waals surface area contributed by atoms with Crippen molar-refractivity contribution in [3.05, 3.63) is 170 Å². The van der Waals surface area contributed by atoms with Crippen LogP contribution in [0.15, 0.2) is 134 Å². The number of hydrogen-bond donors (Lipinski definition) is 0. The maximum Gasteiger partial charge on any atom is 0.146 e. The Balaban J connectivity index is 0.000000161. The fraction of sp³-hybridized carbons (Fsp3) is 0.0526. The molecule has 1 radical (unpaired) electrons. The van der Waals surface area contributed by atoms with E-state index in [2.05, 4.69) is 102 Å². The standard InChI is InChI=1S/C21H14N4.C17H16N2.Ir/c1-3-9-16(10-4-1)24-15-25(17-11-5-2-6-12-17)21-20(24)22-18-13-7-8-14-19(18)23-21;1-14-3-7-16(8-4-14)18-11-12-19(13-18)17-9-5-15(2)6-10-17;/h1-11,13-15H;3-9,11-13H,1-2H3;/q2*-2;. The molecule has 0 fully saturated rings. The normalized spacial score (nSPS) is 13.4. The van der Waals surface area contributed by atoms with Gasteiger partial charge >= 0.3 is 0 Å². The second-order valence-corrected chi connectivity index (χ2v) is 10.6. The molecule has 2 aliphatic rings. The molecule has 5 aromatic carbocycles. The molecule has 0 amide bonds. The van der Waals surface area contributed by atoms with Gasteiger partial charge in [-0.25, -0.2) is 9.97 Å². The van der Waals surface area contributed by atoms with Crippen LogP contribution in [0.25, 0.3) is 11.0 Å². The van der Waals surface area contributed by atoms with E-state index in [0.717, 1.165) is 45.4 Å². The first-order valence-electron chi connectivity index (χ1n) is 14.5. The molecule has 0 bridgehead atoms. The monoisotopic (exact) mass is 763 g/mol. The fourth-order valence-corrected chi connectivity index (χ4v) is 5.04. The molecule has 8 rings (SSSR count). The van der Waals surface area contributed by atoms with Gasteiger partial charge in [-0.3, -0.25) is 0 Å². The second-order valence-electron chi connectivity index (χ2n) is 10.6. The Morgan fingerprint density at radius 3 is 1.84 bits per heavy atom. The Kier molecular flexibility index (Phi) is 8.92. The third-order valence-corrected chi connectivity index (χ3v) is 7.41. The summed E-state index contributed by atoms with van der Waals surface area (Å²) < 4.78 is 0. The van der Waals surface area contributed by atoms with Crippen molar-refractivity contribution >= 4 is 45.4 Å². The molecule has 3 heterocycles. The maximum atomic E-state index is 4.87. The molecule has 225 valence electrons. The summed E-state index contributed by atoms with van der Waals surface area (Å²) in [4.78, 5) is 18.0. The van der Waals surface area contributed by atoms with Gasteiger partial charge in [0.25, 0.3) is 0 Å². The molecule has 0 N–H and O–H groups in total. The first-order valence-corrected chi connectivity index (χ1v) is 14.5. The van der Waals surface area contributed by atoms with Gasteiger partial charge in [-0.2, -0.15) is 54.1 Å². The van der Waals surface area contributed by atoms with Crippen LogP contribution in [0.1, 0.15) is 11.1 Å². The van der Waals surface area contributed by atoms with E-state index in [1.165, 1.54) is 11.1 Å². The number of aryl methyl sites for hydroxylation is 2. The van der Waals surface area contributed by atoms with Crippen LogP contribution in [-0.4, -0.2) is 9.97 Å². The van der Waals surface area contributed by atoms with Crippen LogP contribution in [0.3, 0.4) is 0 Å². The predicted octanol–water partition coefficient (Wildman–Crippen LogP) is 8.86. The molecule has 1 aromatic heterocycles. The molecule has 45 heavy (non-hydrogen) atoms. The molecule has 0 unspecified atom stereocenters. The van der Waals surface area contributed by atoms with Gasteiger partial charge in [0.2, 0.25) is 0 Å². The van der Waals surface area contributed by atoms with Crippen molar-refractivity contribution in [1.29, 1.82) is 0 Å². The van der Waals surface area contributed by atoms with Crippen molar-refractivity contribution < 1.29 is 20.1 Å². The van der Waals surface area contributed by atoms with Gasteiger partial charge in [-0.05, 0) is 55.7 Å². The summed E-state index contributed by atoms with van der Waals surface area (Å²) in [5, 5.41) is 0. The summed E-state index contributed by atoms with van der Waals surface area (Å²) in [5.74, 6) is 1.63. The SMILES string of the molecule is Cc1c[c-]c(N2C=CN(c3ccc(C)cc3)[CH-]2)cc1.[Ir].[c-]1ccccc1N1[CH-]N(c2ccccc2)c2nc3ccccc3nc21. The Morgan fingerprint density at radius 1 is 0.533 bits per heavy atom. The molecule has 0 aliphatic carbocycles. The fourth-order valence-electron chi connectivity index (χ4n) is 5.04. The predicted molar refractivity (Wildman–Crippen MR) is 179 cm³/mol. The molecule has 6 aromatic rings. The van der Waals surface area contributed by atoms with Gasteiger partial charge in [0, 0.05) is 31.5 Å². The van der Waals surface area contributed by atoms with Crippen LogP contribution in [0.2, 0.25) is 0 Å². The minimum Gasteiger partial charge on any atom is -0.500 e. The molecule has 0 atom stereocenters. The molecular formula is C38H30IrN6-4. The first-order chi connectivity index (χ1) is 21.6. The van der Waals surface area contributed by atoms with Gasteiger partial charge in [-0.1, -0.05) is 55.0 Å². The summed E-state index contributed by atoms with van der Waals surface area (Å²) in [7, 11) is 0. The van der Waals surface area contributed by atoms with Gasteiger partial charge in [0.15, 0.2) is 0 Å². The zero-order valence-electron chi connectivity index (χ0n) is 24.9. The number of benzene rings is 5. The molecule has 7 heteroatoms. The van der Waals surface area contributed by atoms with E-state index < -0.39 is 0 Å². The van der Waals surface area contributed by atoms with Crippen molar-refractivity contribution in [2.45, 2.75) is 13.8 Å². The number of fused-ring (bicyclic) bond motifs is 2. The Morgan fingerprint density at radius 2 is 1.18 bits per heavy atom. The van der Waals surface area contributed by atoms with Gasteiger partial charge < -0.3 is 19.6 Å². The minimum absolute atomic E-state index is 0. The van der Waals surface area contributed by atoms with E-state index >= 15 is 0 Å². The smallest absolute Gasteiger partial charge is 0.146 e. The van der Waals surface area contributed by atoms with Crippen molar-refractivity contribution in [3.8, 4) is 0 Å². The molecular weight excluding hydrogens is 733 g/mol. The molecule has 0 saturated heterocycles. The van der Waals surface area contributed by atoms with Crippen molar-refractivity contribution in [2.24, 2.45) is 0 Å². The summed E-state index contributed by atoms with van der Waals surface area (Å²) in [6, 6.07) is 47.2. The maximum absolute atomic E-state index is 4.87. The van der Waals surface area contributed by atoms with Gasteiger partial charge in [0.05, 0.1) is 11.0 Å². The van der Waals surface area contributed by atoms with Gasteiger partial charge in [0.1, 0.15) is 11.6 Å². The first kappa shape index (κ1) is 30.1. The average molecular weight is 763 g/mol. The Hall–Kier alpha value is -4.97. The van der Waals surface area contributed by atoms with Crippen molar-refractivity contribution in [3.63, 3.8) is 0 Å².